The number of carbonyl (C=O) groups is 3. The second-order valence-corrected chi connectivity index (χ2v) is 12.7. The number of non-ortho nitro benzene ring substituents is 1. The van der Waals surface area contributed by atoms with Gasteiger partial charge in [-0.3, -0.25) is 29.3 Å². The number of anilines is 2. The molecule has 3 heterocycles. The van der Waals surface area contributed by atoms with Crippen LogP contribution in [0.15, 0.2) is 76.6 Å². The lowest BCUT2D eigenvalue weighted by Crippen LogP contribution is -2.32. The molecule has 0 saturated carbocycles. The molecule has 2 aliphatic rings. The summed E-state index contributed by atoms with van der Waals surface area (Å²) < 4.78 is 45.1. The van der Waals surface area contributed by atoms with Crippen LogP contribution in [0.4, 0.5) is 30.2 Å². The number of rotatable bonds is 7. The van der Waals surface area contributed by atoms with Crippen molar-refractivity contribution in [1.82, 2.24) is 4.98 Å². The number of halogens is 4. The topological polar surface area (TPSA) is 152 Å². The summed E-state index contributed by atoms with van der Waals surface area (Å²) in [6.07, 6.45) is -4.61. The van der Waals surface area contributed by atoms with Gasteiger partial charge in [0.15, 0.2) is 6.61 Å². The molecule has 11 nitrogen and oxygen atoms in total. The van der Waals surface area contributed by atoms with Crippen molar-refractivity contribution in [2.24, 2.45) is 5.92 Å². The van der Waals surface area contributed by atoms with Gasteiger partial charge in [0, 0.05) is 39.2 Å². The van der Waals surface area contributed by atoms with E-state index in [1.807, 2.05) is 0 Å². The van der Waals surface area contributed by atoms with Gasteiger partial charge in [-0.25, -0.2) is 4.90 Å². The Labute approximate surface area is 269 Å². The second kappa shape index (κ2) is 11.9. The van der Waals surface area contributed by atoms with Crippen LogP contribution in [-0.4, -0.2) is 39.5 Å². The number of alkyl halides is 3. The molecule has 1 fully saturated rings. The fourth-order valence-corrected chi connectivity index (χ4v) is 8.02. The normalized spacial score (nSPS) is 19.0. The zero-order chi connectivity index (χ0) is 32.9. The predicted octanol–water partition coefficient (Wildman–Crippen LogP) is 5.83. The number of hydrogen-bond acceptors (Lipinski definition) is 9. The van der Waals surface area contributed by atoms with Gasteiger partial charge in [-0.1, -0.05) is 40.8 Å². The van der Waals surface area contributed by atoms with Gasteiger partial charge < -0.3 is 15.0 Å². The molecule has 3 amide bonds. The molecule has 1 aromatic heterocycles. The van der Waals surface area contributed by atoms with Crippen LogP contribution in [0.25, 0.3) is 0 Å². The third kappa shape index (κ3) is 5.86. The third-order valence-corrected chi connectivity index (χ3v) is 9.92. The number of imide groups is 1. The van der Waals surface area contributed by atoms with E-state index in [9.17, 15) is 42.5 Å². The molecule has 2 N–H and O–H groups in total. The molecule has 0 spiro atoms. The fraction of sp³-hybridized carbons (Fsp3) is 0.172. The van der Waals surface area contributed by atoms with E-state index in [2.05, 4.69) is 10.3 Å². The number of thioether (sulfide) groups is 1. The Hall–Kier alpha value is -4.67. The van der Waals surface area contributed by atoms with Crippen molar-refractivity contribution in [2.75, 3.05) is 16.8 Å². The summed E-state index contributed by atoms with van der Waals surface area (Å²) in [6.45, 7) is -0.640. The molecule has 0 radical (unpaired) electrons. The molecule has 4 aromatic rings. The number of aromatic nitrogens is 1. The summed E-state index contributed by atoms with van der Waals surface area (Å²) in [4.78, 5) is 67.0. The van der Waals surface area contributed by atoms with Crippen LogP contribution in [0.1, 0.15) is 21.9 Å². The molecule has 17 heteroatoms. The van der Waals surface area contributed by atoms with Gasteiger partial charge in [0.2, 0.25) is 11.8 Å². The Bertz CT molecular complexity index is 1970. The van der Waals surface area contributed by atoms with Crippen LogP contribution in [0.5, 0.6) is 5.75 Å². The number of nitrogens with zero attached hydrogens (tertiary/aromatic N) is 2. The van der Waals surface area contributed by atoms with Crippen LogP contribution in [0, 0.1) is 16.0 Å². The van der Waals surface area contributed by atoms with Gasteiger partial charge in [0.1, 0.15) is 11.0 Å². The maximum absolute atomic E-state index is 14.0. The molecule has 2 aliphatic heterocycles. The standard InChI is InChI=1S/C29H18ClF3N4O7S2/c30-14-4-9-19(44-12-20(38)34-15-3-1-2-13(10-15)29(31,32)33)18(11-14)21-22-24(45-25-23(21)46-28(41)35-25)27(40)36(26(22)39)16-5-7-17(8-6-16)37(42)43/h1-11,21-22,24H,12H2,(H,34,38)(H,35,41)/t21-,22?,24?/m1/s1. The number of nitrogens with one attached hydrogen (secondary N) is 2. The van der Waals surface area contributed by atoms with E-state index in [0.717, 1.165) is 46.2 Å². The molecule has 6 rings (SSSR count). The molecule has 0 bridgehead atoms. The monoisotopic (exact) mass is 690 g/mol. The van der Waals surface area contributed by atoms with Crippen LogP contribution >= 0.6 is 34.7 Å². The second-order valence-electron chi connectivity index (χ2n) is 10.1. The minimum Gasteiger partial charge on any atom is -0.483 e. The minimum atomic E-state index is -4.61. The number of H-pyrrole nitrogens is 1. The van der Waals surface area contributed by atoms with E-state index >= 15 is 0 Å². The Morgan fingerprint density at radius 1 is 1.07 bits per heavy atom. The lowest BCUT2D eigenvalue weighted by atomic mass is 9.82. The molecule has 2 unspecified atom stereocenters. The van der Waals surface area contributed by atoms with E-state index in [1.54, 1.807) is 0 Å². The summed E-state index contributed by atoms with van der Waals surface area (Å²) >= 11 is 8.19. The van der Waals surface area contributed by atoms with Gasteiger partial charge in [-0.05, 0) is 48.5 Å². The average Bonchev–Trinajstić information content (AvgIpc) is 3.50. The third-order valence-electron chi connectivity index (χ3n) is 7.28. The van der Waals surface area contributed by atoms with Crippen molar-refractivity contribution < 1.29 is 37.2 Å². The number of fused-ring (bicyclic) bond motifs is 2. The molecule has 3 aromatic carbocycles. The van der Waals surface area contributed by atoms with Crippen molar-refractivity contribution in [3.8, 4) is 5.75 Å². The summed E-state index contributed by atoms with van der Waals surface area (Å²) in [5, 5.41) is 13.1. The Morgan fingerprint density at radius 3 is 2.50 bits per heavy atom. The van der Waals surface area contributed by atoms with E-state index in [-0.39, 0.29) is 33.4 Å². The summed E-state index contributed by atoms with van der Waals surface area (Å²) in [7, 11) is 0. The Morgan fingerprint density at radius 2 is 1.80 bits per heavy atom. The number of ether oxygens (including phenoxy) is 1. The highest BCUT2D eigenvalue weighted by Gasteiger charge is 2.57. The molecular weight excluding hydrogens is 673 g/mol. The fourth-order valence-electron chi connectivity index (χ4n) is 5.34. The number of hydrogen-bond donors (Lipinski definition) is 2. The van der Waals surface area contributed by atoms with Crippen molar-refractivity contribution in [1.29, 1.82) is 0 Å². The average molecular weight is 691 g/mol. The maximum atomic E-state index is 14.0. The van der Waals surface area contributed by atoms with Gasteiger partial charge in [-0.2, -0.15) is 13.2 Å². The van der Waals surface area contributed by atoms with Crippen molar-refractivity contribution in [3.05, 3.63) is 108 Å². The number of nitro groups is 1. The van der Waals surface area contributed by atoms with Gasteiger partial charge in [-0.15, -0.1) is 0 Å². The highest BCUT2D eigenvalue weighted by molar-refractivity contribution is 8.00. The lowest BCUT2D eigenvalue weighted by Gasteiger charge is -2.31. The summed E-state index contributed by atoms with van der Waals surface area (Å²) in [5.41, 5.74) is -0.867. The first kappa shape index (κ1) is 31.3. The van der Waals surface area contributed by atoms with Crippen LogP contribution in [-0.2, 0) is 20.6 Å². The number of thiazole rings is 1. The highest BCUT2D eigenvalue weighted by Crippen LogP contribution is 2.54. The molecule has 0 aliphatic carbocycles. The van der Waals surface area contributed by atoms with Crippen molar-refractivity contribution >= 4 is 69.5 Å². The van der Waals surface area contributed by atoms with E-state index in [4.69, 9.17) is 16.3 Å². The lowest BCUT2D eigenvalue weighted by molar-refractivity contribution is -0.384. The highest BCUT2D eigenvalue weighted by atomic mass is 35.5. The van der Waals surface area contributed by atoms with E-state index in [1.165, 1.54) is 48.5 Å². The zero-order valence-electron chi connectivity index (χ0n) is 22.9. The van der Waals surface area contributed by atoms with E-state index in [0.29, 0.717) is 9.90 Å². The van der Waals surface area contributed by atoms with Gasteiger partial charge >= 0.3 is 11.0 Å². The van der Waals surface area contributed by atoms with Crippen molar-refractivity contribution in [3.63, 3.8) is 0 Å². The first-order valence-corrected chi connectivity index (χ1v) is 15.3. The molecule has 236 valence electrons. The first-order valence-electron chi connectivity index (χ1n) is 13.2. The van der Waals surface area contributed by atoms with Crippen LogP contribution in [0.3, 0.4) is 0 Å². The van der Waals surface area contributed by atoms with Crippen molar-refractivity contribution in [2.45, 2.75) is 22.4 Å². The van der Waals surface area contributed by atoms with Gasteiger partial charge in [0.05, 0.1) is 27.1 Å². The number of nitro benzene ring substituents is 1. The molecule has 3 atom stereocenters. The Balaban J connectivity index is 1.32. The van der Waals surface area contributed by atoms with Crippen LogP contribution in [0.2, 0.25) is 5.02 Å². The minimum absolute atomic E-state index is 0.0834. The maximum Gasteiger partial charge on any atom is 0.416 e. The smallest absolute Gasteiger partial charge is 0.416 e. The molecule has 1 saturated heterocycles. The Kier molecular flexibility index (Phi) is 8.12. The number of carbonyl (C=O) groups excluding carboxylic acids is 3. The largest absolute Gasteiger partial charge is 0.483 e. The first-order chi connectivity index (χ1) is 21.8. The number of amides is 3. The summed E-state index contributed by atoms with van der Waals surface area (Å²) in [5.74, 6) is -3.92. The molecular formula is C29H18ClF3N4O7S2. The quantitative estimate of drug-likeness (QED) is 0.140. The van der Waals surface area contributed by atoms with E-state index < -0.39 is 63.0 Å². The molecule has 46 heavy (non-hydrogen) atoms. The summed E-state index contributed by atoms with van der Waals surface area (Å²) in [6, 6.07) is 13.4. The van der Waals surface area contributed by atoms with Crippen LogP contribution < -0.4 is 19.8 Å². The number of aromatic amines is 1. The number of benzene rings is 3. The zero-order valence-corrected chi connectivity index (χ0v) is 25.3. The van der Waals surface area contributed by atoms with Gasteiger partial charge in [0.25, 0.3) is 11.6 Å². The SMILES string of the molecule is O=C(COc1ccc(Cl)cc1[C@H]1c2sc(=O)[nH]c2SC2C(=O)N(c3ccc([N+](=O)[O-])cc3)C(=O)C21)Nc1cccc(C(F)(F)F)c1. The predicted molar refractivity (Wildman–Crippen MR) is 163 cm³/mol.